The molecular formula is C48H50O5. The number of methoxy groups -OCH3 is 3. The summed E-state index contributed by atoms with van der Waals surface area (Å²) in [5, 5.41) is 2.26. The van der Waals surface area contributed by atoms with Gasteiger partial charge in [0, 0.05) is 43.9 Å². The summed E-state index contributed by atoms with van der Waals surface area (Å²) in [4.78, 5) is 0. The Balaban J connectivity index is 1.44. The largest absolute Gasteiger partial charge is 0.497 e. The van der Waals surface area contributed by atoms with Gasteiger partial charge in [-0.15, -0.1) is 0 Å². The van der Waals surface area contributed by atoms with E-state index in [-0.39, 0.29) is 21.7 Å². The maximum Gasteiger partial charge on any atom is 0.178 e. The third kappa shape index (κ3) is 4.81. The van der Waals surface area contributed by atoms with Crippen LogP contribution in [0.25, 0.3) is 28.0 Å². The molecule has 5 heteroatoms. The van der Waals surface area contributed by atoms with Crippen LogP contribution in [-0.4, -0.2) is 27.9 Å². The zero-order valence-corrected chi connectivity index (χ0v) is 32.5. The summed E-state index contributed by atoms with van der Waals surface area (Å²) in [6.07, 6.45) is 7.93. The standard InChI is InChI=1S/C48H50O5/c1-44(2)25-45(3,4)27-47(26-44)36-13-11-10-12-33(36)38-39-35(24-37(51-9)43-41(39)46(5,6)28-52-43)42-34(40(38)47)22-23-48(53-42,29-14-18-31(49-7)19-15-29)30-16-20-32(50-8)21-17-30/h10-24H,25-28H2,1-9H3. The first-order chi connectivity index (χ1) is 25.3. The van der Waals surface area contributed by atoms with Crippen molar-refractivity contribution in [2.45, 2.75) is 77.2 Å². The quantitative estimate of drug-likeness (QED) is 0.182. The van der Waals surface area contributed by atoms with Crippen molar-refractivity contribution in [3.05, 3.63) is 118 Å². The molecular weight excluding hydrogens is 657 g/mol. The van der Waals surface area contributed by atoms with Gasteiger partial charge in [0.1, 0.15) is 17.2 Å². The summed E-state index contributed by atoms with van der Waals surface area (Å²) in [6.45, 7) is 15.0. The molecule has 5 aromatic carbocycles. The number of benzene rings is 5. The van der Waals surface area contributed by atoms with Crippen LogP contribution in [-0.2, 0) is 16.4 Å². The van der Waals surface area contributed by atoms with Gasteiger partial charge in [0.15, 0.2) is 17.1 Å². The molecule has 9 rings (SSSR count). The van der Waals surface area contributed by atoms with Crippen LogP contribution < -0.4 is 23.7 Å². The molecule has 2 aliphatic carbocycles. The van der Waals surface area contributed by atoms with Gasteiger partial charge in [0.05, 0.1) is 27.9 Å². The molecule has 1 spiro atoms. The topological polar surface area (TPSA) is 46.2 Å². The minimum Gasteiger partial charge on any atom is -0.497 e. The minimum absolute atomic E-state index is 0.123. The van der Waals surface area contributed by atoms with E-state index in [4.69, 9.17) is 23.7 Å². The van der Waals surface area contributed by atoms with Crippen molar-refractivity contribution in [3.8, 4) is 39.9 Å². The molecule has 0 radical (unpaired) electrons. The van der Waals surface area contributed by atoms with Gasteiger partial charge in [-0.2, -0.15) is 0 Å². The first-order valence-corrected chi connectivity index (χ1v) is 18.9. The van der Waals surface area contributed by atoms with Crippen molar-refractivity contribution < 1.29 is 23.7 Å². The van der Waals surface area contributed by atoms with E-state index in [1.54, 1.807) is 21.3 Å². The summed E-state index contributed by atoms with van der Waals surface area (Å²) < 4.78 is 31.7. The molecule has 1 fully saturated rings. The zero-order valence-electron chi connectivity index (χ0n) is 32.5. The van der Waals surface area contributed by atoms with Gasteiger partial charge in [0.25, 0.3) is 0 Å². The minimum atomic E-state index is -0.936. The van der Waals surface area contributed by atoms with E-state index in [2.05, 4.69) is 108 Å². The Morgan fingerprint density at radius 3 is 1.83 bits per heavy atom. The molecule has 0 amide bonds. The zero-order chi connectivity index (χ0) is 37.1. The van der Waals surface area contributed by atoms with E-state index in [1.165, 1.54) is 39.6 Å². The molecule has 0 aromatic heterocycles. The molecule has 1 saturated carbocycles. The van der Waals surface area contributed by atoms with Crippen LogP contribution in [0.5, 0.6) is 28.7 Å². The summed E-state index contributed by atoms with van der Waals surface area (Å²) >= 11 is 0. The Morgan fingerprint density at radius 2 is 1.25 bits per heavy atom. The first kappa shape index (κ1) is 33.9. The predicted octanol–water partition coefficient (Wildman–Crippen LogP) is 11.4. The number of hydrogen-bond donors (Lipinski definition) is 0. The number of ether oxygens (including phenoxy) is 5. The Kier molecular flexibility index (Phi) is 7.23. The second-order valence-corrected chi connectivity index (χ2v) is 18.0. The fourth-order valence-electron chi connectivity index (χ4n) is 11.2. The molecule has 5 aromatic rings. The average molecular weight is 707 g/mol. The van der Waals surface area contributed by atoms with Crippen LogP contribution >= 0.6 is 0 Å². The first-order valence-electron chi connectivity index (χ1n) is 18.9. The summed E-state index contributed by atoms with van der Waals surface area (Å²) in [6, 6.07) is 27.9. The lowest BCUT2D eigenvalue weighted by molar-refractivity contribution is 0.0642. The number of rotatable bonds is 5. The smallest absolute Gasteiger partial charge is 0.178 e. The summed E-state index contributed by atoms with van der Waals surface area (Å²) in [5.74, 6) is 4.06. The molecule has 0 unspecified atom stereocenters. The highest BCUT2D eigenvalue weighted by molar-refractivity contribution is 6.12. The average Bonchev–Trinajstić information content (AvgIpc) is 3.60. The predicted molar refractivity (Wildman–Crippen MR) is 213 cm³/mol. The fraction of sp³-hybridized carbons (Fsp3) is 0.375. The highest BCUT2D eigenvalue weighted by Gasteiger charge is 2.56. The highest BCUT2D eigenvalue weighted by atomic mass is 16.5. The van der Waals surface area contributed by atoms with Crippen LogP contribution in [0.1, 0.15) is 94.2 Å². The van der Waals surface area contributed by atoms with E-state index in [0.717, 1.165) is 63.7 Å². The summed E-state index contributed by atoms with van der Waals surface area (Å²) in [5.41, 5.74) is 8.70. The van der Waals surface area contributed by atoms with E-state index in [9.17, 15) is 0 Å². The van der Waals surface area contributed by atoms with Gasteiger partial charge in [0.2, 0.25) is 0 Å². The Bertz CT molecular complexity index is 2260. The molecule has 272 valence electrons. The monoisotopic (exact) mass is 706 g/mol. The van der Waals surface area contributed by atoms with Crippen molar-refractivity contribution in [1.29, 1.82) is 0 Å². The third-order valence-corrected chi connectivity index (χ3v) is 12.5. The Hall–Kier alpha value is -4.90. The van der Waals surface area contributed by atoms with Gasteiger partial charge < -0.3 is 23.7 Å². The van der Waals surface area contributed by atoms with E-state index in [0.29, 0.717) is 6.61 Å². The van der Waals surface area contributed by atoms with Crippen molar-refractivity contribution in [2.75, 3.05) is 27.9 Å². The summed E-state index contributed by atoms with van der Waals surface area (Å²) in [7, 11) is 5.14. The van der Waals surface area contributed by atoms with Gasteiger partial charge in [-0.25, -0.2) is 0 Å². The highest BCUT2D eigenvalue weighted by Crippen LogP contribution is 2.68. The lowest BCUT2D eigenvalue weighted by atomic mass is 9.52. The maximum absolute atomic E-state index is 7.78. The molecule has 4 aliphatic rings. The van der Waals surface area contributed by atoms with Crippen LogP contribution in [0.4, 0.5) is 0 Å². The molecule has 0 bridgehead atoms. The van der Waals surface area contributed by atoms with Crippen LogP contribution in [0.15, 0.2) is 84.9 Å². The molecule has 0 saturated heterocycles. The van der Waals surface area contributed by atoms with Crippen molar-refractivity contribution in [2.24, 2.45) is 10.8 Å². The second kappa shape index (κ2) is 11.3. The van der Waals surface area contributed by atoms with Gasteiger partial charge in [-0.05, 0) is 88.8 Å². The fourth-order valence-corrected chi connectivity index (χ4v) is 11.2. The van der Waals surface area contributed by atoms with E-state index < -0.39 is 5.60 Å². The molecule has 0 N–H and O–H groups in total. The van der Waals surface area contributed by atoms with Crippen LogP contribution in [0, 0.1) is 10.8 Å². The van der Waals surface area contributed by atoms with E-state index >= 15 is 0 Å². The SMILES string of the molecule is COc1ccc(C2(c3ccc(OC)cc3)C=Cc3c4c(c5c6c(c(OC)cc5c3O2)OCC6(C)C)-c2ccccc2C42CC(C)(C)CC(C)(C)C2)cc1. The number of hydrogen-bond acceptors (Lipinski definition) is 5. The maximum atomic E-state index is 7.78. The molecule has 53 heavy (non-hydrogen) atoms. The Labute approximate surface area is 313 Å². The van der Waals surface area contributed by atoms with Crippen LogP contribution in [0.2, 0.25) is 0 Å². The molecule has 5 nitrogen and oxygen atoms in total. The number of fused-ring (bicyclic) bond motifs is 12. The molecule has 0 atom stereocenters. The van der Waals surface area contributed by atoms with Crippen molar-refractivity contribution in [3.63, 3.8) is 0 Å². The second-order valence-electron chi connectivity index (χ2n) is 18.0. The lowest BCUT2D eigenvalue weighted by Crippen LogP contribution is -2.44. The Morgan fingerprint density at radius 1 is 0.642 bits per heavy atom. The van der Waals surface area contributed by atoms with Crippen LogP contribution in [0.3, 0.4) is 0 Å². The lowest BCUT2D eigenvalue weighted by Gasteiger charge is -2.52. The van der Waals surface area contributed by atoms with Crippen molar-refractivity contribution in [1.82, 2.24) is 0 Å². The van der Waals surface area contributed by atoms with Gasteiger partial charge in [-0.1, -0.05) is 96.1 Å². The molecule has 2 aliphatic heterocycles. The normalized spacial score (nSPS) is 20.1. The third-order valence-electron chi connectivity index (χ3n) is 12.5. The molecule has 2 heterocycles. The van der Waals surface area contributed by atoms with Gasteiger partial charge in [-0.3, -0.25) is 0 Å². The van der Waals surface area contributed by atoms with Crippen molar-refractivity contribution >= 4 is 16.8 Å². The van der Waals surface area contributed by atoms with Gasteiger partial charge >= 0.3 is 0 Å². The van der Waals surface area contributed by atoms with E-state index in [1.807, 2.05) is 24.3 Å².